The number of hydrogen-bond donors (Lipinski definition) is 1. The third kappa shape index (κ3) is 4.67. The molecular weight excluding hydrogens is 403 g/mol. The van der Waals surface area contributed by atoms with Crippen LogP contribution in [0.3, 0.4) is 0 Å². The Hall–Kier alpha value is -2.82. The summed E-state index contributed by atoms with van der Waals surface area (Å²) in [6.45, 7) is 6.36. The lowest BCUT2D eigenvalue weighted by molar-refractivity contribution is 0.0948. The van der Waals surface area contributed by atoms with Gasteiger partial charge in [-0.25, -0.2) is 14.4 Å². The van der Waals surface area contributed by atoms with E-state index in [0.29, 0.717) is 31.7 Å². The monoisotopic (exact) mass is 432 g/mol. The van der Waals surface area contributed by atoms with Crippen LogP contribution in [0.4, 0.5) is 4.39 Å². The van der Waals surface area contributed by atoms with Crippen molar-refractivity contribution in [2.45, 2.75) is 45.2 Å². The molecule has 1 aromatic carbocycles. The summed E-state index contributed by atoms with van der Waals surface area (Å²) in [6.07, 6.45) is 7.19. The fourth-order valence-electron chi connectivity index (χ4n) is 5.47. The van der Waals surface area contributed by atoms with E-state index in [9.17, 15) is 9.18 Å². The first-order valence-electron chi connectivity index (χ1n) is 11.5. The number of halogens is 1. The van der Waals surface area contributed by atoms with Gasteiger partial charge in [-0.1, -0.05) is 18.7 Å². The molecule has 2 aromatic rings. The Bertz CT molecular complexity index is 1070. The van der Waals surface area contributed by atoms with Gasteiger partial charge >= 0.3 is 0 Å². The quantitative estimate of drug-likeness (QED) is 0.671. The van der Waals surface area contributed by atoms with Gasteiger partial charge in [0, 0.05) is 31.7 Å². The first-order valence-corrected chi connectivity index (χ1v) is 11.5. The minimum atomic E-state index is -0.223. The summed E-state index contributed by atoms with van der Waals surface area (Å²) in [6, 6.07) is 6.68. The third-order valence-electron chi connectivity index (χ3n) is 7.18. The second-order valence-corrected chi connectivity index (χ2v) is 9.50. The van der Waals surface area contributed by atoms with Crippen LogP contribution in [0.1, 0.15) is 53.0 Å². The van der Waals surface area contributed by atoms with Crippen LogP contribution in [-0.4, -0.2) is 33.9 Å². The Balaban J connectivity index is 1.19. The average Bonchev–Trinajstić information content (AvgIpc) is 3.41. The minimum absolute atomic E-state index is 0.163. The Morgan fingerprint density at radius 1 is 1.25 bits per heavy atom. The highest BCUT2D eigenvalue weighted by atomic mass is 19.1. The van der Waals surface area contributed by atoms with E-state index in [1.165, 1.54) is 31.7 Å². The third-order valence-corrected chi connectivity index (χ3v) is 7.18. The number of hydrogen-bond acceptors (Lipinski definition) is 4. The van der Waals surface area contributed by atoms with Crippen molar-refractivity contribution in [2.75, 3.05) is 13.1 Å². The molecule has 1 aliphatic heterocycles. The van der Waals surface area contributed by atoms with Gasteiger partial charge < -0.3 is 5.32 Å². The van der Waals surface area contributed by atoms with Crippen LogP contribution in [-0.2, 0) is 19.5 Å². The van der Waals surface area contributed by atoms with E-state index in [2.05, 4.69) is 32.5 Å². The Labute approximate surface area is 188 Å². The van der Waals surface area contributed by atoms with Crippen molar-refractivity contribution in [3.05, 3.63) is 76.8 Å². The lowest BCUT2D eigenvalue weighted by Crippen LogP contribution is -2.34. The molecule has 5 rings (SSSR count). The van der Waals surface area contributed by atoms with Crippen LogP contribution < -0.4 is 5.32 Å². The molecule has 1 aromatic heterocycles. The number of nitrogens with one attached hydrogen (secondary N) is 1. The number of carbonyl (C=O) groups is 1. The first kappa shape index (κ1) is 21.0. The molecule has 0 bridgehead atoms. The topological polar surface area (TPSA) is 58.1 Å². The number of rotatable bonds is 7. The molecule has 6 heteroatoms. The van der Waals surface area contributed by atoms with Crippen LogP contribution >= 0.6 is 0 Å². The number of amides is 1. The lowest BCUT2D eigenvalue weighted by atomic mass is 9.95. The summed E-state index contributed by atoms with van der Waals surface area (Å²) in [5, 5.41) is 3.03. The van der Waals surface area contributed by atoms with Gasteiger partial charge in [-0.3, -0.25) is 9.69 Å². The Kier molecular flexibility index (Phi) is 5.90. The number of carbonyl (C=O) groups excluding carboxylic acids is 1. The standard InChI is InChI=1S/C26H29FN4O/c1-2-17(8-19-9-20-12-21(20)10-19)13-28-26(32)25-23-6-7-31(15-24(23)29-16-30-25)14-18-4-3-5-22(27)11-18/h3-5,11,16,19-21H,1,6-10,12-15H2,(H,28,32). The number of aromatic nitrogens is 2. The first-order chi connectivity index (χ1) is 15.6. The fourth-order valence-corrected chi connectivity index (χ4v) is 5.47. The van der Waals surface area contributed by atoms with Crippen molar-refractivity contribution >= 4 is 5.91 Å². The summed E-state index contributed by atoms with van der Waals surface area (Å²) < 4.78 is 13.5. The highest BCUT2D eigenvalue weighted by Gasteiger charge is 2.45. The molecule has 1 amide bonds. The zero-order chi connectivity index (χ0) is 22.1. The van der Waals surface area contributed by atoms with Crippen LogP contribution in [0.15, 0.2) is 48.5 Å². The summed E-state index contributed by atoms with van der Waals surface area (Å²) in [5.74, 6) is 2.24. The van der Waals surface area contributed by atoms with Gasteiger partial charge in [0.05, 0.1) is 5.69 Å². The summed E-state index contributed by atoms with van der Waals surface area (Å²) in [7, 11) is 0. The maximum atomic E-state index is 13.5. The summed E-state index contributed by atoms with van der Waals surface area (Å²) in [4.78, 5) is 23.9. The molecule has 0 saturated heterocycles. The normalized spacial score (nSPS) is 23.7. The zero-order valence-corrected chi connectivity index (χ0v) is 18.3. The molecule has 2 fully saturated rings. The largest absolute Gasteiger partial charge is 0.346 e. The van der Waals surface area contributed by atoms with E-state index in [0.717, 1.165) is 53.1 Å². The molecule has 5 nitrogen and oxygen atoms in total. The smallest absolute Gasteiger partial charge is 0.270 e. The molecule has 2 atom stereocenters. The van der Waals surface area contributed by atoms with Gasteiger partial charge in [0.25, 0.3) is 5.91 Å². The molecule has 2 aliphatic carbocycles. The highest BCUT2D eigenvalue weighted by Crippen LogP contribution is 2.55. The van der Waals surface area contributed by atoms with Crippen molar-refractivity contribution in [3.8, 4) is 0 Å². The molecule has 32 heavy (non-hydrogen) atoms. The predicted octanol–water partition coefficient (Wildman–Crippen LogP) is 4.05. The van der Waals surface area contributed by atoms with E-state index < -0.39 is 0 Å². The Morgan fingerprint density at radius 3 is 2.88 bits per heavy atom. The molecule has 166 valence electrons. The molecule has 2 heterocycles. The second kappa shape index (κ2) is 8.97. The summed E-state index contributed by atoms with van der Waals surface area (Å²) >= 11 is 0. The van der Waals surface area contributed by atoms with Crippen molar-refractivity contribution in [1.82, 2.24) is 20.2 Å². The average molecular weight is 433 g/mol. The van der Waals surface area contributed by atoms with Crippen molar-refractivity contribution in [2.24, 2.45) is 17.8 Å². The van der Waals surface area contributed by atoms with Crippen molar-refractivity contribution in [1.29, 1.82) is 0 Å². The van der Waals surface area contributed by atoms with Crippen LogP contribution in [0.25, 0.3) is 0 Å². The molecular formula is C26H29FN4O. The number of nitrogens with zero attached hydrogens (tertiary/aromatic N) is 3. The number of fused-ring (bicyclic) bond motifs is 2. The molecule has 0 radical (unpaired) electrons. The van der Waals surface area contributed by atoms with Crippen LogP contribution in [0, 0.1) is 23.6 Å². The van der Waals surface area contributed by atoms with Crippen molar-refractivity contribution in [3.63, 3.8) is 0 Å². The molecule has 3 aliphatic rings. The van der Waals surface area contributed by atoms with E-state index in [1.807, 2.05) is 6.07 Å². The summed E-state index contributed by atoms with van der Waals surface area (Å²) in [5.41, 5.74) is 7.31. The number of benzene rings is 1. The second-order valence-electron chi connectivity index (χ2n) is 9.50. The van der Waals surface area contributed by atoms with Crippen LogP contribution in [0.5, 0.6) is 0 Å². The van der Waals surface area contributed by atoms with E-state index in [1.54, 1.807) is 12.1 Å². The maximum Gasteiger partial charge on any atom is 0.270 e. The van der Waals surface area contributed by atoms with Gasteiger partial charge in [-0.2, -0.15) is 0 Å². The molecule has 1 N–H and O–H groups in total. The van der Waals surface area contributed by atoms with E-state index in [-0.39, 0.29) is 11.7 Å². The molecule has 2 unspecified atom stereocenters. The maximum absolute atomic E-state index is 13.5. The molecule has 0 spiro atoms. The van der Waals surface area contributed by atoms with E-state index in [4.69, 9.17) is 0 Å². The van der Waals surface area contributed by atoms with E-state index >= 15 is 0 Å². The highest BCUT2D eigenvalue weighted by molar-refractivity contribution is 5.94. The van der Waals surface area contributed by atoms with Gasteiger partial charge in [0.15, 0.2) is 0 Å². The van der Waals surface area contributed by atoms with Gasteiger partial charge in [-0.05, 0) is 73.1 Å². The van der Waals surface area contributed by atoms with Crippen LogP contribution in [0.2, 0.25) is 0 Å². The predicted molar refractivity (Wildman–Crippen MR) is 120 cm³/mol. The van der Waals surface area contributed by atoms with Gasteiger partial charge in [0.1, 0.15) is 17.8 Å². The van der Waals surface area contributed by atoms with Gasteiger partial charge in [0.2, 0.25) is 0 Å². The zero-order valence-electron chi connectivity index (χ0n) is 18.3. The molecule has 2 saturated carbocycles. The lowest BCUT2D eigenvalue weighted by Gasteiger charge is -2.28. The fraction of sp³-hybridized carbons (Fsp3) is 0.462. The van der Waals surface area contributed by atoms with Crippen molar-refractivity contribution < 1.29 is 9.18 Å². The SMILES string of the molecule is C=C=C(CNC(=O)c1ncnc2c1CCN(Cc1cccc(F)c1)C2)CC1CC2CC2C1. The minimum Gasteiger partial charge on any atom is -0.346 e. The van der Waals surface area contributed by atoms with Gasteiger partial charge in [-0.15, -0.1) is 5.73 Å². The Morgan fingerprint density at radius 2 is 2.09 bits per heavy atom.